The monoisotopic (exact) mass is 558 g/mol. The van der Waals surface area contributed by atoms with Crippen molar-refractivity contribution in [2.24, 2.45) is 11.7 Å². The molecule has 6 unspecified atom stereocenters. The van der Waals surface area contributed by atoms with Gasteiger partial charge in [-0.1, -0.05) is 44.5 Å². The van der Waals surface area contributed by atoms with E-state index in [1.165, 1.54) is 55.5 Å². The maximum atomic E-state index is 13.3. The Labute approximate surface area is 232 Å². The van der Waals surface area contributed by atoms with Crippen LogP contribution in [0.5, 0.6) is 11.5 Å². The van der Waals surface area contributed by atoms with Gasteiger partial charge in [0.15, 0.2) is 0 Å². The number of nitrogens with one attached hydrogen (secondary N) is 3. The maximum absolute atomic E-state index is 13.3. The van der Waals surface area contributed by atoms with E-state index >= 15 is 0 Å². The van der Waals surface area contributed by atoms with Gasteiger partial charge in [0.05, 0.1) is 12.1 Å². The van der Waals surface area contributed by atoms with Gasteiger partial charge in [-0.3, -0.25) is 14.4 Å². The molecule has 40 heavy (non-hydrogen) atoms. The Balaban J connectivity index is 2.27. The minimum Gasteiger partial charge on any atom is -0.508 e. The van der Waals surface area contributed by atoms with Crippen molar-refractivity contribution in [1.29, 1.82) is 0 Å². The number of carbonyl (C=O) groups excluding carboxylic acids is 3. The van der Waals surface area contributed by atoms with Gasteiger partial charge < -0.3 is 42.1 Å². The summed E-state index contributed by atoms with van der Waals surface area (Å²) in [5, 5.41) is 46.4. The first-order valence-electron chi connectivity index (χ1n) is 13.0. The molecular formula is C28H38N4O8. The molecule has 218 valence electrons. The van der Waals surface area contributed by atoms with Crippen molar-refractivity contribution in [2.45, 2.75) is 70.3 Å². The average molecular weight is 559 g/mol. The topological polar surface area (TPSA) is 211 Å². The Bertz CT molecular complexity index is 1150. The summed E-state index contributed by atoms with van der Waals surface area (Å²) in [4.78, 5) is 51.1. The number of aliphatic hydroxyl groups excluding tert-OH is 1. The molecule has 2 rings (SSSR count). The van der Waals surface area contributed by atoms with Crippen LogP contribution in [0.3, 0.4) is 0 Å². The number of aliphatic carboxylic acids is 1. The fraction of sp³-hybridized carbons (Fsp3) is 0.429. The molecule has 2 aromatic rings. The van der Waals surface area contributed by atoms with Crippen LogP contribution in [-0.2, 0) is 32.0 Å². The van der Waals surface area contributed by atoms with Gasteiger partial charge in [-0.15, -0.1) is 0 Å². The summed E-state index contributed by atoms with van der Waals surface area (Å²) >= 11 is 0. The summed E-state index contributed by atoms with van der Waals surface area (Å²) in [6.07, 6.45) is -0.909. The fourth-order valence-corrected chi connectivity index (χ4v) is 3.85. The highest BCUT2D eigenvalue weighted by Gasteiger charge is 2.33. The summed E-state index contributed by atoms with van der Waals surface area (Å²) in [7, 11) is 0. The number of amides is 3. The molecule has 9 N–H and O–H groups in total. The maximum Gasteiger partial charge on any atom is 0.326 e. The summed E-state index contributed by atoms with van der Waals surface area (Å²) in [5.74, 6) is -3.85. The van der Waals surface area contributed by atoms with E-state index in [1.54, 1.807) is 6.92 Å². The van der Waals surface area contributed by atoms with Crippen molar-refractivity contribution in [3.05, 3.63) is 59.7 Å². The molecule has 2 aromatic carbocycles. The van der Waals surface area contributed by atoms with E-state index < -0.39 is 54.0 Å². The first kappa shape index (κ1) is 32.1. The SMILES string of the molecule is CCC(C)C(N)C(=O)NC(C(=O)NC(Cc1ccc(O)cc1)C(=O)NC(Cc1ccc(O)cc1)C(=O)O)C(C)O. The highest BCUT2D eigenvalue weighted by Crippen LogP contribution is 2.14. The molecule has 3 amide bonds. The minimum absolute atomic E-state index is 0.00111. The van der Waals surface area contributed by atoms with Crippen LogP contribution >= 0.6 is 0 Å². The second-order valence-electron chi connectivity index (χ2n) is 9.84. The average Bonchev–Trinajstić information content (AvgIpc) is 2.91. The van der Waals surface area contributed by atoms with Gasteiger partial charge in [-0.05, 0) is 48.2 Å². The summed E-state index contributed by atoms with van der Waals surface area (Å²) in [5.41, 5.74) is 7.04. The molecule has 0 bridgehead atoms. The molecule has 0 aliphatic carbocycles. The minimum atomic E-state index is -1.44. The van der Waals surface area contributed by atoms with E-state index in [9.17, 15) is 39.6 Å². The second-order valence-corrected chi connectivity index (χ2v) is 9.84. The highest BCUT2D eigenvalue weighted by atomic mass is 16.4. The molecule has 6 atom stereocenters. The molecule has 12 nitrogen and oxygen atoms in total. The van der Waals surface area contributed by atoms with Gasteiger partial charge in [0, 0.05) is 12.8 Å². The molecule has 0 aliphatic heterocycles. The number of aromatic hydroxyl groups is 2. The Morgan fingerprint density at radius 2 is 1.20 bits per heavy atom. The van der Waals surface area contributed by atoms with Gasteiger partial charge >= 0.3 is 5.97 Å². The Morgan fingerprint density at radius 3 is 1.62 bits per heavy atom. The van der Waals surface area contributed by atoms with Crippen LogP contribution in [0.1, 0.15) is 38.3 Å². The molecule has 0 saturated heterocycles. The third-order valence-electron chi connectivity index (χ3n) is 6.62. The highest BCUT2D eigenvalue weighted by molar-refractivity contribution is 5.94. The zero-order chi connectivity index (χ0) is 30.0. The van der Waals surface area contributed by atoms with Gasteiger partial charge in [0.1, 0.15) is 29.6 Å². The van der Waals surface area contributed by atoms with E-state index in [0.29, 0.717) is 17.5 Å². The first-order chi connectivity index (χ1) is 18.8. The zero-order valence-electron chi connectivity index (χ0n) is 22.7. The number of hydrogen-bond donors (Lipinski definition) is 8. The molecule has 0 aromatic heterocycles. The summed E-state index contributed by atoms with van der Waals surface area (Å²) in [6, 6.07) is 6.65. The molecule has 0 heterocycles. The number of nitrogens with two attached hydrogens (primary N) is 1. The molecular weight excluding hydrogens is 520 g/mol. The normalized spacial score (nSPS) is 15.5. The molecule has 0 saturated carbocycles. The van der Waals surface area contributed by atoms with Crippen LogP contribution in [0.4, 0.5) is 0 Å². The van der Waals surface area contributed by atoms with Crippen molar-refractivity contribution >= 4 is 23.7 Å². The van der Waals surface area contributed by atoms with E-state index in [1.807, 2.05) is 6.92 Å². The van der Waals surface area contributed by atoms with E-state index in [0.717, 1.165) is 0 Å². The fourth-order valence-electron chi connectivity index (χ4n) is 3.85. The van der Waals surface area contributed by atoms with Gasteiger partial charge in [0.2, 0.25) is 17.7 Å². The van der Waals surface area contributed by atoms with Gasteiger partial charge in [-0.2, -0.15) is 0 Å². The summed E-state index contributed by atoms with van der Waals surface area (Å²) in [6.45, 7) is 4.93. The molecule has 0 aliphatic rings. The largest absolute Gasteiger partial charge is 0.508 e. The van der Waals surface area contributed by atoms with Crippen LogP contribution in [0.15, 0.2) is 48.5 Å². The predicted octanol–water partition coefficient (Wildman–Crippen LogP) is 0.176. The van der Waals surface area contributed by atoms with Crippen molar-refractivity contribution in [1.82, 2.24) is 16.0 Å². The number of aliphatic hydroxyl groups is 1. The van der Waals surface area contributed by atoms with Gasteiger partial charge in [0.25, 0.3) is 0 Å². The molecule has 0 spiro atoms. The third kappa shape index (κ3) is 9.54. The number of phenolic OH excluding ortho intramolecular Hbond substituents is 2. The van der Waals surface area contributed by atoms with Crippen LogP contribution in [0.25, 0.3) is 0 Å². The van der Waals surface area contributed by atoms with Crippen molar-refractivity contribution in [3.8, 4) is 11.5 Å². The lowest BCUT2D eigenvalue weighted by Gasteiger charge is -2.27. The van der Waals surface area contributed by atoms with E-state index in [-0.39, 0.29) is 30.3 Å². The number of carboxylic acids is 1. The van der Waals surface area contributed by atoms with Crippen LogP contribution < -0.4 is 21.7 Å². The van der Waals surface area contributed by atoms with E-state index in [2.05, 4.69) is 16.0 Å². The Kier molecular flexibility index (Phi) is 11.9. The number of hydrogen-bond acceptors (Lipinski definition) is 8. The molecule has 12 heteroatoms. The van der Waals surface area contributed by atoms with Crippen molar-refractivity contribution in [2.75, 3.05) is 0 Å². The standard InChI is InChI=1S/C28H38N4O8/c1-4-15(2)23(29)26(37)32-24(16(3)33)27(38)30-21(13-17-5-9-19(34)10-6-17)25(36)31-22(28(39)40)14-18-7-11-20(35)12-8-18/h5-12,15-16,21-24,33-35H,4,13-14,29H2,1-3H3,(H,30,38)(H,31,36)(H,32,37)(H,39,40). The Hall–Kier alpha value is -4.16. The lowest BCUT2D eigenvalue weighted by Crippen LogP contribution is -2.60. The van der Waals surface area contributed by atoms with Crippen molar-refractivity contribution in [3.63, 3.8) is 0 Å². The number of carbonyl (C=O) groups is 4. The van der Waals surface area contributed by atoms with Crippen LogP contribution in [0, 0.1) is 5.92 Å². The number of rotatable bonds is 14. The first-order valence-corrected chi connectivity index (χ1v) is 13.0. The van der Waals surface area contributed by atoms with Gasteiger partial charge in [-0.25, -0.2) is 4.79 Å². The lowest BCUT2D eigenvalue weighted by molar-refractivity contribution is -0.142. The zero-order valence-corrected chi connectivity index (χ0v) is 22.7. The third-order valence-corrected chi connectivity index (χ3v) is 6.62. The van der Waals surface area contributed by atoms with Crippen molar-refractivity contribution < 1.29 is 39.6 Å². The summed E-state index contributed by atoms with van der Waals surface area (Å²) < 4.78 is 0. The smallest absolute Gasteiger partial charge is 0.326 e. The second kappa shape index (κ2) is 14.8. The predicted molar refractivity (Wildman–Crippen MR) is 146 cm³/mol. The quantitative estimate of drug-likeness (QED) is 0.159. The molecule has 0 fully saturated rings. The Morgan fingerprint density at radius 1 is 0.750 bits per heavy atom. The number of carboxylic acid groups (broad SMARTS) is 1. The molecule has 0 radical (unpaired) electrons. The number of benzene rings is 2. The number of phenols is 2. The lowest BCUT2D eigenvalue weighted by atomic mass is 9.98. The van der Waals surface area contributed by atoms with E-state index in [4.69, 9.17) is 5.73 Å². The van der Waals surface area contributed by atoms with Crippen LogP contribution in [0.2, 0.25) is 0 Å². The van der Waals surface area contributed by atoms with Crippen LogP contribution in [-0.4, -0.2) is 74.4 Å².